The molecule has 1 aliphatic rings. The van der Waals surface area contributed by atoms with Crippen LogP contribution < -0.4 is 15.8 Å². The summed E-state index contributed by atoms with van der Waals surface area (Å²) in [6, 6.07) is 6.66. The first-order chi connectivity index (χ1) is 12.4. The van der Waals surface area contributed by atoms with Crippen LogP contribution in [0, 0.1) is 0 Å². The lowest BCUT2D eigenvalue weighted by Crippen LogP contribution is -2.34. The van der Waals surface area contributed by atoms with E-state index >= 15 is 0 Å². The third-order valence-electron chi connectivity index (χ3n) is 4.33. The molecule has 2 aromatic rings. The van der Waals surface area contributed by atoms with Gasteiger partial charge in [0, 0.05) is 23.9 Å². The van der Waals surface area contributed by atoms with Gasteiger partial charge in [-0.1, -0.05) is 0 Å². The number of hydrogen-bond acceptors (Lipinski definition) is 5. The van der Waals surface area contributed by atoms with E-state index in [2.05, 4.69) is 5.32 Å². The molecule has 0 atom stereocenters. The zero-order chi connectivity index (χ0) is 18.8. The SMILES string of the molecule is COc1ccc(C(=O)Nc2sc3c(c2C(N)=O)CCN(C(C)=O)C3)cc1. The lowest BCUT2D eigenvalue weighted by atomic mass is 10.0. The summed E-state index contributed by atoms with van der Waals surface area (Å²) in [6.07, 6.45) is 0.544. The van der Waals surface area contributed by atoms with Crippen molar-refractivity contribution in [3.63, 3.8) is 0 Å². The van der Waals surface area contributed by atoms with E-state index in [0.29, 0.717) is 41.4 Å². The number of thiophene rings is 1. The number of benzene rings is 1. The predicted octanol–water partition coefficient (Wildman–Crippen LogP) is 2.01. The minimum atomic E-state index is -0.580. The van der Waals surface area contributed by atoms with E-state index < -0.39 is 5.91 Å². The molecule has 0 bridgehead atoms. The Kier molecular flexibility index (Phi) is 4.94. The standard InChI is InChI=1S/C18H19N3O4S/c1-10(22)21-8-7-13-14(9-21)26-18(15(13)16(19)23)20-17(24)11-3-5-12(25-2)6-4-11/h3-6H,7-9H2,1-2H3,(H2,19,23)(H,20,24). The maximum absolute atomic E-state index is 12.5. The summed E-state index contributed by atoms with van der Waals surface area (Å²) in [5.41, 5.74) is 7.16. The molecule has 0 spiro atoms. The van der Waals surface area contributed by atoms with Crippen LogP contribution in [0.25, 0.3) is 0 Å². The van der Waals surface area contributed by atoms with Crippen LogP contribution in [0.4, 0.5) is 5.00 Å². The molecule has 3 rings (SSSR count). The molecule has 8 heteroatoms. The molecule has 26 heavy (non-hydrogen) atoms. The fourth-order valence-corrected chi connectivity index (χ4v) is 4.20. The third-order valence-corrected chi connectivity index (χ3v) is 5.46. The zero-order valence-corrected chi connectivity index (χ0v) is 15.3. The van der Waals surface area contributed by atoms with E-state index in [1.165, 1.54) is 18.3 Å². The largest absolute Gasteiger partial charge is 0.497 e. The first-order valence-corrected chi connectivity index (χ1v) is 8.87. The molecule has 3 N–H and O–H groups in total. The average molecular weight is 373 g/mol. The van der Waals surface area contributed by atoms with Crippen LogP contribution in [0.5, 0.6) is 5.75 Å². The van der Waals surface area contributed by atoms with Crippen LogP contribution in [-0.4, -0.2) is 36.3 Å². The Hall–Kier alpha value is -2.87. The third kappa shape index (κ3) is 3.41. The van der Waals surface area contributed by atoms with E-state index in [4.69, 9.17) is 10.5 Å². The van der Waals surface area contributed by atoms with Crippen molar-refractivity contribution in [2.24, 2.45) is 5.73 Å². The molecular weight excluding hydrogens is 354 g/mol. The molecule has 0 saturated heterocycles. The van der Waals surface area contributed by atoms with Gasteiger partial charge in [-0.3, -0.25) is 14.4 Å². The summed E-state index contributed by atoms with van der Waals surface area (Å²) >= 11 is 1.29. The van der Waals surface area contributed by atoms with Gasteiger partial charge >= 0.3 is 0 Å². The van der Waals surface area contributed by atoms with Gasteiger partial charge in [0.15, 0.2) is 0 Å². The second kappa shape index (κ2) is 7.17. The minimum absolute atomic E-state index is 0.0199. The summed E-state index contributed by atoms with van der Waals surface area (Å²) in [6.45, 7) is 2.47. The number of carbonyl (C=O) groups excluding carboxylic acids is 3. The Balaban J connectivity index is 1.88. The number of ether oxygens (including phenoxy) is 1. The summed E-state index contributed by atoms with van der Waals surface area (Å²) < 4.78 is 5.08. The van der Waals surface area contributed by atoms with Gasteiger partial charge in [-0.2, -0.15) is 0 Å². The molecule has 7 nitrogen and oxygen atoms in total. The van der Waals surface area contributed by atoms with Gasteiger partial charge in [0.2, 0.25) is 5.91 Å². The highest BCUT2D eigenvalue weighted by atomic mass is 32.1. The average Bonchev–Trinajstić information content (AvgIpc) is 2.98. The number of carbonyl (C=O) groups is 3. The quantitative estimate of drug-likeness (QED) is 0.856. The number of methoxy groups -OCH3 is 1. The molecule has 0 saturated carbocycles. The van der Waals surface area contributed by atoms with E-state index in [1.54, 1.807) is 36.3 Å². The maximum atomic E-state index is 12.5. The number of primary amides is 1. The predicted molar refractivity (Wildman–Crippen MR) is 98.6 cm³/mol. The molecule has 0 unspecified atom stereocenters. The topological polar surface area (TPSA) is 102 Å². The molecule has 136 valence electrons. The highest BCUT2D eigenvalue weighted by molar-refractivity contribution is 7.17. The Morgan fingerprint density at radius 2 is 1.92 bits per heavy atom. The van der Waals surface area contributed by atoms with Crippen molar-refractivity contribution in [1.29, 1.82) is 0 Å². The van der Waals surface area contributed by atoms with Gasteiger partial charge in [0.05, 0.1) is 19.2 Å². The van der Waals surface area contributed by atoms with E-state index in [9.17, 15) is 14.4 Å². The molecule has 3 amide bonds. The Bertz CT molecular complexity index is 873. The molecule has 1 aromatic carbocycles. The monoisotopic (exact) mass is 373 g/mol. The zero-order valence-electron chi connectivity index (χ0n) is 14.5. The van der Waals surface area contributed by atoms with Crippen molar-refractivity contribution >= 4 is 34.1 Å². The number of nitrogens with two attached hydrogens (primary N) is 1. The van der Waals surface area contributed by atoms with Crippen LogP contribution in [0.1, 0.15) is 38.1 Å². The first-order valence-electron chi connectivity index (χ1n) is 8.06. The highest BCUT2D eigenvalue weighted by Gasteiger charge is 2.28. The van der Waals surface area contributed by atoms with Gasteiger partial charge in [0.25, 0.3) is 11.8 Å². The van der Waals surface area contributed by atoms with Gasteiger partial charge in [-0.05, 0) is 36.2 Å². The van der Waals surface area contributed by atoms with Crippen molar-refractivity contribution in [1.82, 2.24) is 4.90 Å². The smallest absolute Gasteiger partial charge is 0.256 e. The number of anilines is 1. The van der Waals surface area contributed by atoms with E-state index in [1.807, 2.05) is 0 Å². The van der Waals surface area contributed by atoms with Crippen molar-refractivity contribution < 1.29 is 19.1 Å². The Morgan fingerprint density at radius 1 is 1.23 bits per heavy atom. The van der Waals surface area contributed by atoms with Crippen LogP contribution in [0.15, 0.2) is 24.3 Å². The van der Waals surface area contributed by atoms with Crippen LogP contribution in [-0.2, 0) is 17.8 Å². The summed E-state index contributed by atoms with van der Waals surface area (Å²) in [4.78, 5) is 38.7. The molecule has 0 fully saturated rings. The number of nitrogens with one attached hydrogen (secondary N) is 1. The molecule has 0 radical (unpaired) electrons. The van der Waals surface area contributed by atoms with Gasteiger partial charge in [-0.25, -0.2) is 0 Å². The second-order valence-electron chi connectivity index (χ2n) is 5.95. The molecule has 1 aromatic heterocycles. The molecule has 1 aliphatic heterocycles. The Morgan fingerprint density at radius 3 is 2.50 bits per heavy atom. The van der Waals surface area contributed by atoms with Crippen LogP contribution >= 0.6 is 11.3 Å². The van der Waals surface area contributed by atoms with Gasteiger partial charge < -0.3 is 20.7 Å². The molecule has 2 heterocycles. The number of fused-ring (bicyclic) bond motifs is 1. The normalized spacial score (nSPS) is 13.1. The fourth-order valence-electron chi connectivity index (χ4n) is 2.94. The minimum Gasteiger partial charge on any atom is -0.497 e. The number of amides is 3. The van der Waals surface area contributed by atoms with E-state index in [-0.39, 0.29) is 11.8 Å². The Labute approximate surface area is 154 Å². The molecular formula is C18H19N3O4S. The van der Waals surface area contributed by atoms with Crippen LogP contribution in [0.2, 0.25) is 0 Å². The van der Waals surface area contributed by atoms with Crippen LogP contribution in [0.3, 0.4) is 0 Å². The number of hydrogen-bond donors (Lipinski definition) is 2. The maximum Gasteiger partial charge on any atom is 0.256 e. The van der Waals surface area contributed by atoms with Gasteiger partial charge in [-0.15, -0.1) is 11.3 Å². The van der Waals surface area contributed by atoms with Crippen molar-refractivity contribution in [2.45, 2.75) is 19.9 Å². The lowest BCUT2D eigenvalue weighted by Gasteiger charge is -2.25. The fraction of sp³-hybridized carbons (Fsp3) is 0.278. The summed E-state index contributed by atoms with van der Waals surface area (Å²) in [5, 5.41) is 3.21. The summed E-state index contributed by atoms with van der Waals surface area (Å²) in [7, 11) is 1.55. The highest BCUT2D eigenvalue weighted by Crippen LogP contribution is 2.37. The van der Waals surface area contributed by atoms with E-state index in [0.717, 1.165) is 10.4 Å². The molecule has 0 aliphatic carbocycles. The van der Waals surface area contributed by atoms with Crippen molar-refractivity contribution in [2.75, 3.05) is 19.0 Å². The number of nitrogens with zero attached hydrogens (tertiary/aromatic N) is 1. The van der Waals surface area contributed by atoms with Crippen molar-refractivity contribution in [3.8, 4) is 5.75 Å². The van der Waals surface area contributed by atoms with Crippen molar-refractivity contribution in [3.05, 3.63) is 45.8 Å². The number of rotatable bonds is 4. The second-order valence-corrected chi connectivity index (χ2v) is 7.05. The first kappa shape index (κ1) is 17.9. The lowest BCUT2D eigenvalue weighted by molar-refractivity contribution is -0.129. The van der Waals surface area contributed by atoms with Gasteiger partial charge in [0.1, 0.15) is 10.8 Å². The summed E-state index contributed by atoms with van der Waals surface area (Å²) in [5.74, 6) is -0.287.